The monoisotopic (exact) mass is 397 g/mol. The predicted octanol–water partition coefficient (Wildman–Crippen LogP) is 4.60. The summed E-state index contributed by atoms with van der Waals surface area (Å²) in [5.74, 6) is 0.773. The van der Waals surface area contributed by atoms with E-state index in [1.54, 1.807) is 56.2 Å². The number of amides is 1. The molecular formula is C23H19N5O2. The standard InChI is InChI=1S/C23H19N5O2/c1-30-21-9-3-2-8-20(21)22(29)27-17-6-4-7-19(16-17)28(18-10-14-24-15-11-18)23-25-12-5-13-26-23/h2-16H,1H3,(H,27,29). The Balaban J connectivity index is 1.68. The Kier molecular flexibility index (Phi) is 5.61. The number of anilines is 4. The van der Waals surface area contributed by atoms with E-state index in [0.29, 0.717) is 22.9 Å². The minimum absolute atomic E-state index is 0.254. The summed E-state index contributed by atoms with van der Waals surface area (Å²) in [4.78, 5) is 27.5. The van der Waals surface area contributed by atoms with E-state index in [1.165, 1.54) is 0 Å². The third kappa shape index (κ3) is 4.10. The van der Waals surface area contributed by atoms with Crippen molar-refractivity contribution in [3.63, 3.8) is 0 Å². The molecule has 0 aliphatic heterocycles. The van der Waals surface area contributed by atoms with Crippen molar-refractivity contribution in [2.75, 3.05) is 17.3 Å². The third-order valence-electron chi connectivity index (χ3n) is 4.39. The maximum Gasteiger partial charge on any atom is 0.259 e. The predicted molar refractivity (Wildman–Crippen MR) is 115 cm³/mol. The van der Waals surface area contributed by atoms with Gasteiger partial charge in [-0.15, -0.1) is 0 Å². The molecule has 0 bridgehead atoms. The lowest BCUT2D eigenvalue weighted by Gasteiger charge is -2.23. The van der Waals surface area contributed by atoms with Crippen molar-refractivity contribution in [1.29, 1.82) is 0 Å². The molecule has 148 valence electrons. The molecular weight excluding hydrogens is 378 g/mol. The van der Waals surface area contributed by atoms with Gasteiger partial charge in [0.05, 0.1) is 24.0 Å². The molecule has 1 amide bonds. The van der Waals surface area contributed by atoms with E-state index < -0.39 is 0 Å². The smallest absolute Gasteiger partial charge is 0.259 e. The Bertz CT molecular complexity index is 1100. The first kappa shape index (κ1) is 19.1. The fourth-order valence-corrected chi connectivity index (χ4v) is 3.03. The Morgan fingerprint density at radius 3 is 2.40 bits per heavy atom. The summed E-state index contributed by atoms with van der Waals surface area (Å²) in [6.07, 6.45) is 6.78. The van der Waals surface area contributed by atoms with Crippen LogP contribution in [0.5, 0.6) is 5.75 Å². The number of benzene rings is 2. The second-order valence-corrected chi connectivity index (χ2v) is 6.29. The van der Waals surface area contributed by atoms with Crippen LogP contribution in [-0.2, 0) is 0 Å². The van der Waals surface area contributed by atoms with Crippen molar-refractivity contribution < 1.29 is 9.53 Å². The molecule has 2 heterocycles. The van der Waals surface area contributed by atoms with Gasteiger partial charge in [-0.25, -0.2) is 9.97 Å². The molecule has 0 fully saturated rings. The normalized spacial score (nSPS) is 10.3. The lowest BCUT2D eigenvalue weighted by Crippen LogP contribution is -2.15. The molecule has 2 aromatic carbocycles. The lowest BCUT2D eigenvalue weighted by molar-refractivity contribution is 0.102. The van der Waals surface area contributed by atoms with Gasteiger partial charge in [-0.2, -0.15) is 0 Å². The third-order valence-corrected chi connectivity index (χ3v) is 4.39. The van der Waals surface area contributed by atoms with Gasteiger partial charge in [0, 0.05) is 30.5 Å². The van der Waals surface area contributed by atoms with Crippen LogP contribution >= 0.6 is 0 Å². The van der Waals surface area contributed by atoms with E-state index in [0.717, 1.165) is 11.4 Å². The molecule has 0 aliphatic rings. The largest absolute Gasteiger partial charge is 0.496 e. The van der Waals surface area contributed by atoms with Gasteiger partial charge >= 0.3 is 0 Å². The van der Waals surface area contributed by atoms with Crippen LogP contribution in [0, 0.1) is 0 Å². The minimum atomic E-state index is -0.254. The van der Waals surface area contributed by atoms with Crippen molar-refractivity contribution in [3.05, 3.63) is 97.1 Å². The Hall–Kier alpha value is -4.26. The maximum absolute atomic E-state index is 12.8. The zero-order valence-corrected chi connectivity index (χ0v) is 16.3. The highest BCUT2D eigenvalue weighted by Crippen LogP contribution is 2.33. The lowest BCUT2D eigenvalue weighted by atomic mass is 10.1. The molecule has 0 spiro atoms. The zero-order chi connectivity index (χ0) is 20.8. The molecule has 30 heavy (non-hydrogen) atoms. The van der Waals surface area contributed by atoms with Crippen molar-refractivity contribution in [2.45, 2.75) is 0 Å². The summed E-state index contributed by atoms with van der Waals surface area (Å²) in [6, 6.07) is 20.1. The first-order chi connectivity index (χ1) is 14.8. The summed E-state index contributed by atoms with van der Waals surface area (Å²) in [6.45, 7) is 0. The molecule has 2 aromatic heterocycles. The van der Waals surface area contributed by atoms with Crippen LogP contribution in [0.3, 0.4) is 0 Å². The summed E-state index contributed by atoms with van der Waals surface area (Å²) in [7, 11) is 1.54. The number of hydrogen-bond donors (Lipinski definition) is 1. The van der Waals surface area contributed by atoms with Gasteiger partial charge in [-0.3, -0.25) is 14.7 Å². The number of aromatic nitrogens is 3. The van der Waals surface area contributed by atoms with Crippen LogP contribution in [-0.4, -0.2) is 28.0 Å². The van der Waals surface area contributed by atoms with E-state index in [2.05, 4.69) is 20.3 Å². The van der Waals surface area contributed by atoms with Crippen LogP contribution in [0.15, 0.2) is 91.5 Å². The molecule has 7 nitrogen and oxygen atoms in total. The van der Waals surface area contributed by atoms with E-state index >= 15 is 0 Å². The summed E-state index contributed by atoms with van der Waals surface area (Å²) < 4.78 is 5.29. The molecule has 0 atom stereocenters. The van der Waals surface area contributed by atoms with E-state index in [9.17, 15) is 4.79 Å². The minimum Gasteiger partial charge on any atom is -0.496 e. The summed E-state index contributed by atoms with van der Waals surface area (Å²) >= 11 is 0. The number of pyridine rings is 1. The molecule has 1 N–H and O–H groups in total. The van der Waals surface area contributed by atoms with Crippen molar-refractivity contribution >= 4 is 28.9 Å². The highest BCUT2D eigenvalue weighted by atomic mass is 16.5. The zero-order valence-electron chi connectivity index (χ0n) is 16.3. The van der Waals surface area contributed by atoms with E-state index in [4.69, 9.17) is 4.74 Å². The number of carbonyl (C=O) groups is 1. The molecule has 4 rings (SSSR count). The second kappa shape index (κ2) is 8.83. The molecule has 0 radical (unpaired) electrons. The molecule has 0 saturated heterocycles. The van der Waals surface area contributed by atoms with Gasteiger partial charge in [-0.05, 0) is 48.5 Å². The molecule has 0 saturated carbocycles. The average molecular weight is 397 g/mol. The van der Waals surface area contributed by atoms with E-state index in [1.807, 2.05) is 47.4 Å². The van der Waals surface area contributed by atoms with Crippen LogP contribution in [0.1, 0.15) is 10.4 Å². The fourth-order valence-electron chi connectivity index (χ4n) is 3.03. The number of ether oxygens (including phenoxy) is 1. The maximum atomic E-state index is 12.8. The van der Waals surface area contributed by atoms with Crippen LogP contribution < -0.4 is 15.0 Å². The van der Waals surface area contributed by atoms with Gasteiger partial charge in [-0.1, -0.05) is 18.2 Å². The van der Waals surface area contributed by atoms with Crippen LogP contribution in [0.25, 0.3) is 0 Å². The second-order valence-electron chi connectivity index (χ2n) is 6.29. The SMILES string of the molecule is COc1ccccc1C(=O)Nc1cccc(N(c2ccncc2)c2ncccn2)c1. The van der Waals surface area contributed by atoms with E-state index in [-0.39, 0.29) is 5.91 Å². The number of rotatable bonds is 6. The van der Waals surface area contributed by atoms with Crippen LogP contribution in [0.4, 0.5) is 23.0 Å². The van der Waals surface area contributed by atoms with Gasteiger partial charge < -0.3 is 10.1 Å². The van der Waals surface area contributed by atoms with Crippen LogP contribution in [0.2, 0.25) is 0 Å². The summed E-state index contributed by atoms with van der Waals surface area (Å²) in [5, 5.41) is 2.93. The van der Waals surface area contributed by atoms with Gasteiger partial charge in [0.2, 0.25) is 5.95 Å². The first-order valence-electron chi connectivity index (χ1n) is 9.28. The number of methoxy groups -OCH3 is 1. The summed E-state index contributed by atoms with van der Waals surface area (Å²) in [5.41, 5.74) is 2.75. The average Bonchev–Trinajstić information content (AvgIpc) is 2.81. The fraction of sp³-hybridized carbons (Fsp3) is 0.0435. The Morgan fingerprint density at radius 2 is 1.63 bits per heavy atom. The van der Waals surface area contributed by atoms with Crippen molar-refractivity contribution in [1.82, 2.24) is 15.0 Å². The number of para-hydroxylation sites is 1. The van der Waals surface area contributed by atoms with Gasteiger partial charge in [0.15, 0.2) is 0 Å². The highest BCUT2D eigenvalue weighted by molar-refractivity contribution is 6.06. The molecule has 0 aliphatic carbocycles. The molecule has 4 aromatic rings. The van der Waals surface area contributed by atoms with Gasteiger partial charge in [0.1, 0.15) is 5.75 Å². The number of nitrogens with zero attached hydrogens (tertiary/aromatic N) is 4. The molecule has 7 heteroatoms. The Labute approximate surface area is 174 Å². The van der Waals surface area contributed by atoms with Crippen molar-refractivity contribution in [3.8, 4) is 5.75 Å². The number of carbonyl (C=O) groups excluding carboxylic acids is 1. The van der Waals surface area contributed by atoms with Crippen molar-refractivity contribution in [2.24, 2.45) is 0 Å². The molecule has 0 unspecified atom stereocenters. The quantitative estimate of drug-likeness (QED) is 0.512. The number of hydrogen-bond acceptors (Lipinski definition) is 6. The highest BCUT2D eigenvalue weighted by Gasteiger charge is 2.16. The Morgan fingerprint density at radius 1 is 0.867 bits per heavy atom. The number of nitrogens with one attached hydrogen (secondary N) is 1. The first-order valence-corrected chi connectivity index (χ1v) is 9.28. The topological polar surface area (TPSA) is 80.2 Å². The van der Waals surface area contributed by atoms with Gasteiger partial charge in [0.25, 0.3) is 5.91 Å².